The average Bonchev–Trinajstić information content (AvgIpc) is 2.82. The highest BCUT2D eigenvalue weighted by Gasteiger charge is 2.10. The van der Waals surface area contributed by atoms with Gasteiger partial charge in [0, 0.05) is 39.4 Å². The molecule has 0 bridgehead atoms. The van der Waals surface area contributed by atoms with Gasteiger partial charge in [0.2, 0.25) is 0 Å². The summed E-state index contributed by atoms with van der Waals surface area (Å²) < 4.78 is 13.0. The van der Waals surface area contributed by atoms with Gasteiger partial charge in [0.15, 0.2) is 11.5 Å². The summed E-state index contributed by atoms with van der Waals surface area (Å²) in [5.74, 6) is 0.715. The molecule has 1 atom stereocenters. The molecule has 18 heavy (non-hydrogen) atoms. The van der Waals surface area contributed by atoms with Gasteiger partial charge >= 0.3 is 0 Å². The van der Waals surface area contributed by atoms with Crippen molar-refractivity contribution in [2.45, 2.75) is 6.10 Å². The predicted octanol–water partition coefficient (Wildman–Crippen LogP) is 1.57. The van der Waals surface area contributed by atoms with Crippen LogP contribution >= 0.6 is 15.9 Å². The van der Waals surface area contributed by atoms with Crippen molar-refractivity contribution >= 4 is 27.4 Å². The topological polar surface area (TPSA) is 60.7 Å². The van der Waals surface area contributed by atoms with E-state index in [1.165, 1.54) is 0 Å². The lowest BCUT2D eigenvalue weighted by atomic mass is 10.3. The second kappa shape index (κ2) is 6.12. The molecule has 0 saturated carbocycles. The van der Waals surface area contributed by atoms with E-state index in [1.807, 2.05) is 16.8 Å². The number of ether oxygens (including phenoxy) is 2. The zero-order chi connectivity index (χ0) is 13.0. The lowest BCUT2D eigenvalue weighted by molar-refractivity contribution is 0.0365. The van der Waals surface area contributed by atoms with Gasteiger partial charge in [0.1, 0.15) is 4.60 Å². The molecule has 0 aliphatic heterocycles. The summed E-state index contributed by atoms with van der Waals surface area (Å²) in [6, 6.07) is 0. The number of imidazole rings is 1. The first-order valence-corrected chi connectivity index (χ1v) is 6.28. The molecule has 98 valence electrons. The second-order valence-corrected chi connectivity index (χ2v) is 4.58. The van der Waals surface area contributed by atoms with Gasteiger partial charge in [-0.15, -0.1) is 0 Å². The number of nitrogens with zero attached hydrogens (tertiary/aromatic N) is 3. The van der Waals surface area contributed by atoms with E-state index < -0.39 is 0 Å². The summed E-state index contributed by atoms with van der Waals surface area (Å²) in [6.45, 7) is 1.14. The van der Waals surface area contributed by atoms with Gasteiger partial charge in [-0.25, -0.2) is 9.97 Å². The number of hydrogen-bond donors (Lipinski definition) is 1. The minimum absolute atomic E-state index is 0.0224. The highest BCUT2D eigenvalue weighted by Crippen LogP contribution is 2.16. The Balaban J connectivity index is 2.13. The van der Waals surface area contributed by atoms with Gasteiger partial charge in [0.25, 0.3) is 0 Å². The summed E-state index contributed by atoms with van der Waals surface area (Å²) in [7, 11) is 3.31. The summed E-state index contributed by atoms with van der Waals surface area (Å²) in [6.07, 6.45) is 5.44. The Morgan fingerprint density at radius 3 is 3.06 bits per heavy atom. The molecular formula is C11H15BrN4O2. The first kappa shape index (κ1) is 13.3. The van der Waals surface area contributed by atoms with Crippen LogP contribution in [0.2, 0.25) is 0 Å². The van der Waals surface area contributed by atoms with E-state index in [0.717, 1.165) is 10.3 Å². The third kappa shape index (κ3) is 2.98. The quantitative estimate of drug-likeness (QED) is 0.877. The van der Waals surface area contributed by atoms with E-state index in [1.54, 1.807) is 20.4 Å². The molecule has 0 saturated heterocycles. The lowest BCUT2D eigenvalue weighted by Gasteiger charge is -2.15. The Bertz CT molecular complexity index is 517. The van der Waals surface area contributed by atoms with Crippen molar-refractivity contribution in [3.05, 3.63) is 23.2 Å². The van der Waals surface area contributed by atoms with Crippen LogP contribution in [0, 0.1) is 0 Å². The SMILES string of the molecule is COCC(CNc1nc(Br)cn2ccnc12)OC. The van der Waals surface area contributed by atoms with Gasteiger partial charge in [-0.1, -0.05) is 0 Å². The highest BCUT2D eigenvalue weighted by atomic mass is 79.9. The van der Waals surface area contributed by atoms with E-state index >= 15 is 0 Å². The Morgan fingerprint density at radius 1 is 1.50 bits per heavy atom. The van der Waals surface area contributed by atoms with Crippen LogP contribution in [0.15, 0.2) is 23.2 Å². The Morgan fingerprint density at radius 2 is 2.33 bits per heavy atom. The van der Waals surface area contributed by atoms with Crippen LogP contribution in [0.5, 0.6) is 0 Å². The minimum atomic E-state index is -0.0224. The average molecular weight is 315 g/mol. The summed E-state index contributed by atoms with van der Waals surface area (Å²) in [5.41, 5.74) is 0.783. The first-order valence-electron chi connectivity index (χ1n) is 5.49. The molecule has 2 heterocycles. The maximum Gasteiger partial charge on any atom is 0.180 e. The van der Waals surface area contributed by atoms with E-state index in [0.29, 0.717) is 19.0 Å². The van der Waals surface area contributed by atoms with Crippen molar-refractivity contribution in [2.75, 3.05) is 32.7 Å². The molecule has 0 aromatic carbocycles. The summed E-state index contributed by atoms with van der Waals surface area (Å²) in [4.78, 5) is 8.62. The lowest BCUT2D eigenvalue weighted by Crippen LogP contribution is -2.27. The molecule has 6 nitrogen and oxygen atoms in total. The maximum absolute atomic E-state index is 5.28. The number of aromatic nitrogens is 3. The second-order valence-electron chi connectivity index (χ2n) is 3.76. The summed E-state index contributed by atoms with van der Waals surface area (Å²) >= 11 is 3.37. The predicted molar refractivity (Wildman–Crippen MR) is 71.8 cm³/mol. The molecule has 2 aromatic heterocycles. The molecule has 0 amide bonds. The van der Waals surface area contributed by atoms with Crippen LogP contribution in [0.4, 0.5) is 5.82 Å². The molecule has 1 N–H and O–H groups in total. The molecule has 0 radical (unpaired) electrons. The Labute approximate surface area is 113 Å². The molecule has 2 aromatic rings. The van der Waals surface area contributed by atoms with Crippen molar-refractivity contribution in [1.82, 2.24) is 14.4 Å². The van der Waals surface area contributed by atoms with E-state index in [9.17, 15) is 0 Å². The number of anilines is 1. The van der Waals surface area contributed by atoms with Crippen molar-refractivity contribution in [3.8, 4) is 0 Å². The number of nitrogens with one attached hydrogen (secondary N) is 1. The standard InChI is InChI=1S/C11H15BrN4O2/c1-17-7-8(18-2)5-14-10-11-13-3-4-16(11)6-9(12)15-10/h3-4,6,8H,5,7H2,1-2H3,(H,14,15). The minimum Gasteiger partial charge on any atom is -0.382 e. The third-order valence-corrected chi connectivity index (χ3v) is 2.91. The molecule has 2 rings (SSSR count). The fourth-order valence-corrected chi connectivity index (χ4v) is 2.02. The van der Waals surface area contributed by atoms with Gasteiger partial charge in [-0.3, -0.25) is 0 Å². The van der Waals surface area contributed by atoms with Gasteiger partial charge in [0.05, 0.1) is 12.7 Å². The molecule has 0 aliphatic rings. The van der Waals surface area contributed by atoms with E-state index in [-0.39, 0.29) is 6.10 Å². The third-order valence-electron chi connectivity index (χ3n) is 2.53. The van der Waals surface area contributed by atoms with Crippen molar-refractivity contribution < 1.29 is 9.47 Å². The van der Waals surface area contributed by atoms with Gasteiger partial charge in [-0.2, -0.15) is 0 Å². The molecule has 0 aliphatic carbocycles. The number of hydrogen-bond acceptors (Lipinski definition) is 5. The molecular weight excluding hydrogens is 300 g/mol. The van der Waals surface area contributed by atoms with Gasteiger partial charge < -0.3 is 19.2 Å². The molecule has 1 unspecified atom stereocenters. The fourth-order valence-electron chi connectivity index (χ4n) is 1.63. The Hall–Kier alpha value is -1.18. The molecule has 0 fully saturated rings. The number of halogens is 1. The largest absolute Gasteiger partial charge is 0.382 e. The molecule has 7 heteroatoms. The summed E-state index contributed by atoms with van der Waals surface area (Å²) in [5, 5.41) is 3.22. The Kier molecular flexibility index (Phi) is 4.51. The number of rotatable bonds is 6. The van der Waals surface area contributed by atoms with Crippen molar-refractivity contribution in [3.63, 3.8) is 0 Å². The van der Waals surface area contributed by atoms with Crippen LogP contribution in [0.1, 0.15) is 0 Å². The highest BCUT2D eigenvalue weighted by molar-refractivity contribution is 9.10. The normalized spacial score (nSPS) is 12.8. The van der Waals surface area contributed by atoms with Crippen molar-refractivity contribution in [2.24, 2.45) is 0 Å². The van der Waals surface area contributed by atoms with Crippen LogP contribution in [0.25, 0.3) is 5.65 Å². The van der Waals surface area contributed by atoms with Crippen LogP contribution in [-0.4, -0.2) is 47.8 Å². The van der Waals surface area contributed by atoms with Crippen molar-refractivity contribution in [1.29, 1.82) is 0 Å². The van der Waals surface area contributed by atoms with E-state index in [2.05, 4.69) is 31.2 Å². The zero-order valence-corrected chi connectivity index (χ0v) is 11.8. The maximum atomic E-state index is 5.28. The van der Waals surface area contributed by atoms with Gasteiger partial charge in [-0.05, 0) is 15.9 Å². The monoisotopic (exact) mass is 314 g/mol. The smallest absolute Gasteiger partial charge is 0.180 e. The fraction of sp³-hybridized carbons (Fsp3) is 0.455. The first-order chi connectivity index (χ1) is 8.74. The van der Waals surface area contributed by atoms with Crippen LogP contribution in [0.3, 0.4) is 0 Å². The van der Waals surface area contributed by atoms with E-state index in [4.69, 9.17) is 9.47 Å². The van der Waals surface area contributed by atoms with Crippen LogP contribution < -0.4 is 5.32 Å². The molecule has 0 spiro atoms. The number of methoxy groups -OCH3 is 2. The number of fused-ring (bicyclic) bond motifs is 1. The van der Waals surface area contributed by atoms with Crippen LogP contribution in [-0.2, 0) is 9.47 Å². The zero-order valence-electron chi connectivity index (χ0n) is 10.3.